The first-order valence-electron chi connectivity index (χ1n) is 7.29. The lowest BCUT2D eigenvalue weighted by atomic mass is 10.2. The molecule has 7 nitrogen and oxygen atoms in total. The molecule has 0 aliphatic rings. The van der Waals surface area contributed by atoms with E-state index in [1.807, 2.05) is 0 Å². The number of halogens is 2. The van der Waals surface area contributed by atoms with Gasteiger partial charge < -0.3 is 25.3 Å². The van der Waals surface area contributed by atoms with E-state index in [-0.39, 0.29) is 11.4 Å². The van der Waals surface area contributed by atoms with Crippen molar-refractivity contribution in [2.75, 3.05) is 31.9 Å². The second-order valence-corrected chi connectivity index (χ2v) is 5.05. The van der Waals surface area contributed by atoms with Gasteiger partial charge in [-0.25, -0.2) is 13.6 Å². The van der Waals surface area contributed by atoms with Crippen LogP contribution in [0.1, 0.15) is 10.4 Å². The number of nitrogen functional groups attached to an aromatic ring is 1. The van der Waals surface area contributed by atoms with Crippen LogP contribution in [-0.4, -0.2) is 32.7 Å². The number of anilines is 2. The van der Waals surface area contributed by atoms with Crippen LogP contribution in [0.25, 0.3) is 0 Å². The number of rotatable bonds is 6. The van der Waals surface area contributed by atoms with Crippen molar-refractivity contribution >= 4 is 23.3 Å². The van der Waals surface area contributed by atoms with Gasteiger partial charge in [-0.3, -0.25) is 4.79 Å². The van der Waals surface area contributed by atoms with Crippen molar-refractivity contribution in [3.63, 3.8) is 0 Å². The molecule has 138 valence electrons. The van der Waals surface area contributed by atoms with Crippen molar-refractivity contribution in [1.82, 2.24) is 0 Å². The minimum Gasteiger partial charge on any atom is -0.497 e. The first-order chi connectivity index (χ1) is 12.3. The van der Waals surface area contributed by atoms with Crippen LogP contribution in [0.5, 0.6) is 11.5 Å². The van der Waals surface area contributed by atoms with Crippen LogP contribution < -0.4 is 20.5 Å². The van der Waals surface area contributed by atoms with Crippen LogP contribution in [0.3, 0.4) is 0 Å². The van der Waals surface area contributed by atoms with Gasteiger partial charge in [0, 0.05) is 11.8 Å². The predicted octanol–water partition coefficient (Wildman–Crippen LogP) is 2.36. The number of hydrogen-bond donors (Lipinski definition) is 2. The van der Waals surface area contributed by atoms with Crippen LogP contribution in [0.4, 0.5) is 20.2 Å². The van der Waals surface area contributed by atoms with E-state index in [4.69, 9.17) is 15.2 Å². The maximum absolute atomic E-state index is 13.7. The van der Waals surface area contributed by atoms with Gasteiger partial charge in [-0.1, -0.05) is 0 Å². The molecule has 0 aliphatic heterocycles. The van der Waals surface area contributed by atoms with Crippen LogP contribution in [0, 0.1) is 11.6 Å². The third kappa shape index (κ3) is 4.38. The Morgan fingerprint density at radius 1 is 1.08 bits per heavy atom. The van der Waals surface area contributed by atoms with Gasteiger partial charge in [-0.15, -0.1) is 0 Å². The molecule has 0 bridgehead atoms. The Bertz CT molecular complexity index is 819. The van der Waals surface area contributed by atoms with Gasteiger partial charge in [-0.2, -0.15) is 0 Å². The van der Waals surface area contributed by atoms with Crippen molar-refractivity contribution in [3.05, 3.63) is 47.5 Å². The number of nitrogens with two attached hydrogens (primary N) is 1. The molecule has 0 aromatic heterocycles. The van der Waals surface area contributed by atoms with Crippen molar-refractivity contribution in [2.24, 2.45) is 0 Å². The van der Waals surface area contributed by atoms with Gasteiger partial charge in [0.05, 0.1) is 19.9 Å². The van der Waals surface area contributed by atoms with Crippen LogP contribution >= 0.6 is 0 Å². The highest BCUT2D eigenvalue weighted by Crippen LogP contribution is 2.28. The summed E-state index contributed by atoms with van der Waals surface area (Å²) in [6.07, 6.45) is 0. The number of carbonyl (C=O) groups excluding carboxylic acids is 2. The van der Waals surface area contributed by atoms with Crippen LogP contribution in [-0.2, 0) is 9.53 Å². The SMILES string of the molecule is COc1ccc(OC)c(NC(=O)COC(=O)c2c(F)cc(N)cc2F)c1. The highest BCUT2D eigenvalue weighted by Gasteiger charge is 2.21. The zero-order valence-corrected chi connectivity index (χ0v) is 14.0. The summed E-state index contributed by atoms with van der Waals surface area (Å²) in [6.45, 7) is -0.761. The number of esters is 1. The first kappa shape index (κ1) is 19.0. The summed E-state index contributed by atoms with van der Waals surface area (Å²) in [5, 5.41) is 2.45. The van der Waals surface area contributed by atoms with E-state index in [1.54, 1.807) is 12.1 Å². The van der Waals surface area contributed by atoms with E-state index in [2.05, 4.69) is 10.1 Å². The number of hydrogen-bond acceptors (Lipinski definition) is 6. The molecule has 9 heteroatoms. The first-order valence-corrected chi connectivity index (χ1v) is 7.29. The molecule has 0 saturated carbocycles. The van der Waals surface area contributed by atoms with Gasteiger partial charge in [0.25, 0.3) is 5.91 Å². The van der Waals surface area contributed by atoms with Crippen LogP contribution in [0.15, 0.2) is 30.3 Å². The molecule has 0 radical (unpaired) electrons. The normalized spacial score (nSPS) is 10.2. The zero-order valence-electron chi connectivity index (χ0n) is 14.0. The molecule has 0 saturated heterocycles. The molecule has 26 heavy (non-hydrogen) atoms. The number of benzene rings is 2. The molecule has 3 N–H and O–H groups in total. The fourth-order valence-electron chi connectivity index (χ4n) is 2.09. The second-order valence-electron chi connectivity index (χ2n) is 5.05. The second kappa shape index (κ2) is 8.15. The highest BCUT2D eigenvalue weighted by atomic mass is 19.1. The summed E-state index contributed by atoms with van der Waals surface area (Å²) < 4.78 is 42.1. The molecule has 0 heterocycles. The fraction of sp³-hybridized carbons (Fsp3) is 0.176. The van der Waals surface area contributed by atoms with E-state index < -0.39 is 35.7 Å². The Hall–Kier alpha value is -3.36. The molecule has 1 amide bonds. The van der Waals surface area contributed by atoms with E-state index in [1.165, 1.54) is 20.3 Å². The Morgan fingerprint density at radius 2 is 1.73 bits per heavy atom. The van der Waals surface area contributed by atoms with Crippen molar-refractivity contribution < 1.29 is 32.6 Å². The summed E-state index contributed by atoms with van der Waals surface area (Å²) in [4.78, 5) is 23.8. The van der Waals surface area contributed by atoms with Gasteiger partial charge in [0.1, 0.15) is 28.7 Å². The molecule has 0 aliphatic carbocycles. The number of carbonyl (C=O) groups is 2. The number of amides is 1. The topological polar surface area (TPSA) is 99.9 Å². The standard InChI is InChI=1S/C17H16F2N2O5/c1-24-10-3-4-14(25-2)13(7-10)21-15(22)8-26-17(23)16-11(18)5-9(20)6-12(16)19/h3-7H,8,20H2,1-2H3,(H,21,22). The predicted molar refractivity (Wildman–Crippen MR) is 89.2 cm³/mol. The molecule has 2 rings (SSSR count). The molecule has 2 aromatic carbocycles. The highest BCUT2D eigenvalue weighted by molar-refractivity contribution is 5.96. The maximum Gasteiger partial charge on any atom is 0.344 e. The largest absolute Gasteiger partial charge is 0.497 e. The number of methoxy groups -OCH3 is 2. The molecular weight excluding hydrogens is 350 g/mol. The third-order valence-electron chi connectivity index (χ3n) is 3.28. The summed E-state index contributed by atoms with van der Waals surface area (Å²) >= 11 is 0. The van der Waals surface area contributed by atoms with Crippen molar-refractivity contribution in [1.29, 1.82) is 0 Å². The lowest BCUT2D eigenvalue weighted by Gasteiger charge is -2.12. The van der Waals surface area contributed by atoms with E-state index in [0.717, 1.165) is 12.1 Å². The fourth-order valence-corrected chi connectivity index (χ4v) is 2.09. The maximum atomic E-state index is 13.7. The van der Waals surface area contributed by atoms with Gasteiger partial charge in [-0.05, 0) is 24.3 Å². The summed E-state index contributed by atoms with van der Waals surface area (Å²) in [5.41, 5.74) is 4.44. The lowest BCUT2D eigenvalue weighted by Crippen LogP contribution is -2.22. The molecule has 0 spiro atoms. The summed E-state index contributed by atoms with van der Waals surface area (Å²) in [7, 11) is 2.86. The molecule has 0 fully saturated rings. The van der Waals surface area contributed by atoms with Gasteiger partial charge in [0.2, 0.25) is 0 Å². The zero-order chi connectivity index (χ0) is 19.3. The molecule has 0 atom stereocenters. The average molecular weight is 366 g/mol. The van der Waals surface area contributed by atoms with E-state index >= 15 is 0 Å². The monoisotopic (exact) mass is 366 g/mol. The van der Waals surface area contributed by atoms with Crippen molar-refractivity contribution in [2.45, 2.75) is 0 Å². The summed E-state index contributed by atoms with van der Waals surface area (Å²) in [5.74, 6) is -3.61. The minimum absolute atomic E-state index is 0.181. The minimum atomic E-state index is -1.33. The molecule has 2 aromatic rings. The Balaban J connectivity index is 2.04. The molecule has 0 unspecified atom stereocenters. The number of ether oxygens (including phenoxy) is 3. The average Bonchev–Trinajstić information content (AvgIpc) is 2.59. The number of nitrogens with one attached hydrogen (secondary N) is 1. The Labute approximate surface area is 147 Å². The lowest BCUT2D eigenvalue weighted by molar-refractivity contribution is -0.119. The van der Waals surface area contributed by atoms with Gasteiger partial charge >= 0.3 is 5.97 Å². The summed E-state index contributed by atoms with van der Waals surface area (Å²) in [6, 6.07) is 6.25. The van der Waals surface area contributed by atoms with Crippen molar-refractivity contribution in [3.8, 4) is 11.5 Å². The van der Waals surface area contributed by atoms with E-state index in [0.29, 0.717) is 11.5 Å². The smallest absolute Gasteiger partial charge is 0.344 e. The van der Waals surface area contributed by atoms with E-state index in [9.17, 15) is 18.4 Å². The van der Waals surface area contributed by atoms with Gasteiger partial charge in [0.15, 0.2) is 6.61 Å². The quantitative estimate of drug-likeness (QED) is 0.601. The Morgan fingerprint density at radius 3 is 2.31 bits per heavy atom. The third-order valence-corrected chi connectivity index (χ3v) is 3.28. The Kier molecular flexibility index (Phi) is 5.94. The molecular formula is C17H16F2N2O5. The van der Waals surface area contributed by atoms with Crippen LogP contribution in [0.2, 0.25) is 0 Å².